The number of sulfone groups is 1. The molecule has 6 nitrogen and oxygen atoms in total. The number of carbonyl (C=O) groups excluding carboxylic acids is 1. The Labute approximate surface area is 143 Å². The highest BCUT2D eigenvalue weighted by Crippen LogP contribution is 2.24. The normalized spacial score (nSPS) is 11.8. The van der Waals surface area contributed by atoms with Crippen LogP contribution >= 0.6 is 11.3 Å². The van der Waals surface area contributed by atoms with E-state index >= 15 is 0 Å². The van der Waals surface area contributed by atoms with Crippen molar-refractivity contribution in [1.29, 1.82) is 0 Å². The summed E-state index contributed by atoms with van der Waals surface area (Å²) in [6.07, 6.45) is 1.38. The lowest BCUT2D eigenvalue weighted by atomic mass is 10.2. The zero-order chi connectivity index (χ0) is 17.3. The summed E-state index contributed by atoms with van der Waals surface area (Å²) in [6, 6.07) is 7.84. The Morgan fingerprint density at radius 1 is 1.21 bits per heavy atom. The van der Waals surface area contributed by atoms with Crippen LogP contribution in [-0.2, 0) is 9.84 Å². The average Bonchev–Trinajstić information content (AvgIpc) is 3.04. The van der Waals surface area contributed by atoms with Crippen LogP contribution in [0.3, 0.4) is 0 Å². The van der Waals surface area contributed by atoms with Gasteiger partial charge >= 0.3 is 0 Å². The van der Waals surface area contributed by atoms with E-state index in [1.165, 1.54) is 29.8 Å². The van der Waals surface area contributed by atoms with Crippen molar-refractivity contribution < 1.29 is 13.2 Å². The molecule has 0 saturated heterocycles. The molecule has 1 amide bonds. The lowest BCUT2D eigenvalue weighted by molar-refractivity contribution is 0.102. The predicted molar refractivity (Wildman–Crippen MR) is 94.1 cm³/mol. The minimum Gasteiger partial charge on any atom is -0.306 e. The molecule has 0 radical (unpaired) electrons. The number of amides is 1. The maximum Gasteiger partial charge on any atom is 0.256 e. The third-order valence-corrected chi connectivity index (χ3v) is 6.51. The van der Waals surface area contributed by atoms with Crippen LogP contribution in [0.1, 0.15) is 24.2 Å². The molecule has 1 N–H and O–H groups in total. The van der Waals surface area contributed by atoms with E-state index in [1.807, 2.05) is 11.4 Å². The highest BCUT2D eigenvalue weighted by Gasteiger charge is 2.20. The largest absolute Gasteiger partial charge is 0.306 e. The highest BCUT2D eigenvalue weighted by atomic mass is 32.2. The van der Waals surface area contributed by atoms with E-state index in [0.717, 1.165) is 10.2 Å². The maximum absolute atomic E-state index is 12.5. The quantitative estimate of drug-likeness (QED) is 0.771. The van der Waals surface area contributed by atoms with Gasteiger partial charge in [-0.1, -0.05) is 6.07 Å². The number of fused-ring (bicyclic) bond motifs is 1. The van der Waals surface area contributed by atoms with Gasteiger partial charge in [0.15, 0.2) is 9.84 Å². The summed E-state index contributed by atoms with van der Waals surface area (Å²) in [5.74, 6) is -0.00891. The number of anilines is 1. The standard InChI is InChI=1S/C16H15N3O3S2/c1-10(2)24(21,22)12-5-3-4-11(8-12)15(20)19-14-13-6-7-23-16(13)18-9-17-14/h3-10H,1-2H3,(H,17,18,19,20). The third-order valence-electron chi connectivity index (χ3n) is 3.54. The minimum absolute atomic E-state index is 0.133. The monoisotopic (exact) mass is 361 g/mol. The Morgan fingerprint density at radius 3 is 2.75 bits per heavy atom. The van der Waals surface area contributed by atoms with Crippen molar-refractivity contribution in [3.8, 4) is 0 Å². The van der Waals surface area contributed by atoms with Crippen LogP contribution in [0.25, 0.3) is 10.2 Å². The molecule has 8 heteroatoms. The number of carbonyl (C=O) groups is 1. The number of thiophene rings is 1. The first-order chi connectivity index (χ1) is 11.4. The van der Waals surface area contributed by atoms with Gasteiger partial charge in [0.1, 0.15) is 17.0 Å². The molecule has 0 unspecified atom stereocenters. The van der Waals surface area contributed by atoms with Gasteiger partial charge in [-0.2, -0.15) is 0 Å². The van der Waals surface area contributed by atoms with E-state index in [4.69, 9.17) is 0 Å². The third kappa shape index (κ3) is 3.02. The molecule has 3 rings (SSSR count). The van der Waals surface area contributed by atoms with Crippen molar-refractivity contribution in [2.24, 2.45) is 0 Å². The van der Waals surface area contributed by atoms with Crippen molar-refractivity contribution >= 4 is 43.1 Å². The van der Waals surface area contributed by atoms with Gasteiger partial charge in [0.2, 0.25) is 0 Å². The number of nitrogens with one attached hydrogen (secondary N) is 1. The van der Waals surface area contributed by atoms with Crippen molar-refractivity contribution in [3.05, 3.63) is 47.6 Å². The molecule has 0 spiro atoms. The first-order valence-corrected chi connectivity index (χ1v) is 9.65. The second kappa shape index (κ2) is 6.29. The van der Waals surface area contributed by atoms with E-state index in [0.29, 0.717) is 5.82 Å². The van der Waals surface area contributed by atoms with Crippen LogP contribution in [0.2, 0.25) is 0 Å². The van der Waals surface area contributed by atoms with Crippen molar-refractivity contribution in [2.75, 3.05) is 5.32 Å². The molecule has 2 heterocycles. The van der Waals surface area contributed by atoms with Crippen LogP contribution in [0.5, 0.6) is 0 Å². The van der Waals surface area contributed by atoms with Gasteiger partial charge < -0.3 is 5.32 Å². The van der Waals surface area contributed by atoms with E-state index in [1.54, 1.807) is 26.0 Å². The molecule has 0 aliphatic carbocycles. The van der Waals surface area contributed by atoms with E-state index in [2.05, 4.69) is 15.3 Å². The Kier molecular flexibility index (Phi) is 4.33. The van der Waals surface area contributed by atoms with E-state index in [9.17, 15) is 13.2 Å². The molecule has 0 bridgehead atoms. The molecule has 1 aromatic carbocycles. The lowest BCUT2D eigenvalue weighted by Gasteiger charge is -2.10. The molecule has 0 aliphatic rings. The average molecular weight is 361 g/mol. The number of hydrogen-bond acceptors (Lipinski definition) is 6. The minimum atomic E-state index is -3.44. The van der Waals surface area contributed by atoms with Crippen LogP contribution in [-0.4, -0.2) is 29.5 Å². The summed E-state index contributed by atoms with van der Waals surface area (Å²) in [6.45, 7) is 3.21. The second-order valence-electron chi connectivity index (χ2n) is 5.44. The molecule has 0 aliphatic heterocycles. The fourth-order valence-electron chi connectivity index (χ4n) is 2.16. The predicted octanol–water partition coefficient (Wildman–Crippen LogP) is 3.13. The summed E-state index contributed by atoms with van der Waals surface area (Å²) < 4.78 is 24.5. The maximum atomic E-state index is 12.5. The molecule has 3 aromatic rings. The number of benzene rings is 1. The van der Waals surface area contributed by atoms with Crippen LogP contribution in [0.4, 0.5) is 5.82 Å². The first kappa shape index (κ1) is 16.5. The summed E-state index contributed by atoms with van der Waals surface area (Å²) in [5.41, 5.74) is 0.263. The van der Waals surface area contributed by atoms with Crippen molar-refractivity contribution in [2.45, 2.75) is 24.0 Å². The van der Waals surface area contributed by atoms with Gasteiger partial charge in [0.25, 0.3) is 5.91 Å². The smallest absolute Gasteiger partial charge is 0.256 e. The fourth-order valence-corrected chi connectivity index (χ4v) is 3.99. The van der Waals surface area contributed by atoms with Gasteiger partial charge in [-0.3, -0.25) is 4.79 Å². The van der Waals surface area contributed by atoms with Crippen LogP contribution in [0.15, 0.2) is 46.9 Å². The molecule has 124 valence electrons. The summed E-state index contributed by atoms with van der Waals surface area (Å²) >= 11 is 1.45. The van der Waals surface area contributed by atoms with Crippen molar-refractivity contribution in [3.63, 3.8) is 0 Å². The van der Waals surface area contributed by atoms with Gasteiger partial charge in [0.05, 0.1) is 15.5 Å². The molecule has 2 aromatic heterocycles. The van der Waals surface area contributed by atoms with Gasteiger partial charge in [-0.05, 0) is 43.5 Å². The second-order valence-corrected chi connectivity index (χ2v) is 8.84. The first-order valence-electron chi connectivity index (χ1n) is 7.23. The zero-order valence-corrected chi connectivity index (χ0v) is 14.7. The Morgan fingerprint density at radius 2 is 2.00 bits per heavy atom. The summed E-state index contributed by atoms with van der Waals surface area (Å²) in [4.78, 5) is 21.6. The Hall–Kier alpha value is -2.32. The van der Waals surface area contributed by atoms with E-state index < -0.39 is 21.0 Å². The van der Waals surface area contributed by atoms with Crippen LogP contribution in [0, 0.1) is 0 Å². The molecular formula is C16H15N3O3S2. The van der Waals surface area contributed by atoms with Gasteiger partial charge in [-0.25, -0.2) is 18.4 Å². The Bertz CT molecular complexity index is 1010. The Balaban J connectivity index is 1.93. The van der Waals surface area contributed by atoms with E-state index in [-0.39, 0.29) is 10.5 Å². The number of rotatable bonds is 4. The number of hydrogen-bond donors (Lipinski definition) is 1. The fraction of sp³-hybridized carbons (Fsp3) is 0.188. The molecule has 0 saturated carbocycles. The molecule has 0 fully saturated rings. The summed E-state index contributed by atoms with van der Waals surface area (Å²) in [7, 11) is -3.44. The van der Waals surface area contributed by atoms with Gasteiger partial charge in [0, 0.05) is 5.56 Å². The van der Waals surface area contributed by atoms with Gasteiger partial charge in [-0.15, -0.1) is 11.3 Å². The van der Waals surface area contributed by atoms with Crippen LogP contribution < -0.4 is 5.32 Å². The SMILES string of the molecule is CC(C)S(=O)(=O)c1cccc(C(=O)Nc2ncnc3sccc23)c1. The number of aromatic nitrogens is 2. The summed E-state index contributed by atoms with van der Waals surface area (Å²) in [5, 5.41) is 4.78. The molecule has 24 heavy (non-hydrogen) atoms. The molecule has 0 atom stereocenters. The lowest BCUT2D eigenvalue weighted by Crippen LogP contribution is -2.17. The van der Waals surface area contributed by atoms with Crippen molar-refractivity contribution in [1.82, 2.24) is 9.97 Å². The number of nitrogens with zero attached hydrogens (tertiary/aromatic N) is 2. The topological polar surface area (TPSA) is 89.0 Å². The highest BCUT2D eigenvalue weighted by molar-refractivity contribution is 7.92. The molecular weight excluding hydrogens is 346 g/mol. The zero-order valence-electron chi connectivity index (χ0n) is 13.1.